The van der Waals surface area contributed by atoms with Gasteiger partial charge in [0, 0.05) is 54.9 Å². The molecule has 0 bridgehead atoms. The number of hydrogen-bond donors (Lipinski definition) is 0. The van der Waals surface area contributed by atoms with Gasteiger partial charge in [-0.1, -0.05) is 18.2 Å². The molecule has 6 heteroatoms. The van der Waals surface area contributed by atoms with Gasteiger partial charge in [-0.2, -0.15) is 0 Å². The minimum atomic E-state index is -0.889. The normalized spacial score (nSPS) is 17.8. The molecule has 0 N–H and O–H groups in total. The highest BCUT2D eigenvalue weighted by molar-refractivity contribution is 7.85. The summed E-state index contributed by atoms with van der Waals surface area (Å²) in [7, 11) is -0.889. The molecule has 0 aliphatic carbocycles. The smallest absolute Gasteiger partial charge is 0.185 e. The Bertz CT molecular complexity index is 566. The number of piperazine rings is 1. The van der Waals surface area contributed by atoms with E-state index in [0.717, 1.165) is 42.8 Å². The average Bonchev–Trinajstić information content (AvgIpc) is 3.08. The lowest BCUT2D eigenvalue weighted by atomic mass is 10.3. The maximum Gasteiger partial charge on any atom is 0.185 e. The molecule has 1 aliphatic rings. The van der Waals surface area contributed by atoms with Crippen LogP contribution < -0.4 is 4.90 Å². The maximum absolute atomic E-state index is 12.2. The molecule has 1 aromatic heterocycles. The van der Waals surface area contributed by atoms with Crippen LogP contribution in [0.2, 0.25) is 0 Å². The Hall–Kier alpha value is -1.24. The molecular formula is C15H19N3OS2. The summed E-state index contributed by atoms with van der Waals surface area (Å²) in [4.78, 5) is 10.0. The average molecular weight is 321 g/mol. The van der Waals surface area contributed by atoms with E-state index in [9.17, 15) is 4.21 Å². The molecule has 0 amide bonds. The van der Waals surface area contributed by atoms with Gasteiger partial charge < -0.3 is 4.90 Å². The van der Waals surface area contributed by atoms with E-state index in [2.05, 4.69) is 14.8 Å². The van der Waals surface area contributed by atoms with Crippen molar-refractivity contribution in [2.24, 2.45) is 0 Å². The van der Waals surface area contributed by atoms with Crippen LogP contribution in [-0.4, -0.2) is 52.6 Å². The van der Waals surface area contributed by atoms with Gasteiger partial charge in [-0.3, -0.25) is 9.11 Å². The van der Waals surface area contributed by atoms with Gasteiger partial charge in [-0.05, 0) is 12.1 Å². The van der Waals surface area contributed by atoms with Crippen LogP contribution in [0.15, 0.2) is 46.8 Å². The molecule has 0 unspecified atom stereocenters. The van der Waals surface area contributed by atoms with Gasteiger partial charge in [0.1, 0.15) is 0 Å². The highest BCUT2D eigenvalue weighted by atomic mass is 32.2. The van der Waals surface area contributed by atoms with Crippen LogP contribution in [0.25, 0.3) is 0 Å². The molecule has 1 atom stereocenters. The third-order valence-corrected chi connectivity index (χ3v) is 5.84. The van der Waals surface area contributed by atoms with Crippen LogP contribution in [0.3, 0.4) is 0 Å². The Morgan fingerprint density at radius 3 is 2.57 bits per heavy atom. The van der Waals surface area contributed by atoms with E-state index in [1.54, 1.807) is 11.3 Å². The second-order valence-corrected chi connectivity index (χ2v) is 7.45. The molecule has 0 spiro atoms. The lowest BCUT2D eigenvalue weighted by Gasteiger charge is -2.34. The standard InChI is InChI=1S/C15H19N3OS2/c19-21(14-4-2-1-3-5-14)13-11-17-7-9-18(10-8-17)15-16-6-12-20-15/h1-6,12H,7-11,13H2/t21-/m0/s1. The van der Waals surface area contributed by atoms with E-state index < -0.39 is 10.8 Å². The third-order valence-electron chi connectivity index (χ3n) is 3.66. The highest BCUT2D eigenvalue weighted by Gasteiger charge is 2.18. The summed E-state index contributed by atoms with van der Waals surface area (Å²) >= 11 is 1.69. The fourth-order valence-electron chi connectivity index (χ4n) is 2.44. The van der Waals surface area contributed by atoms with Crippen LogP contribution in [0, 0.1) is 0 Å². The Balaban J connectivity index is 1.45. The SMILES string of the molecule is O=[S@@](CCN1CCN(c2nccs2)CC1)c1ccccc1. The van der Waals surface area contributed by atoms with Gasteiger partial charge in [-0.15, -0.1) is 11.3 Å². The van der Waals surface area contributed by atoms with Crippen molar-refractivity contribution in [2.75, 3.05) is 43.4 Å². The fraction of sp³-hybridized carbons (Fsp3) is 0.400. The van der Waals surface area contributed by atoms with Crippen LogP contribution in [0.1, 0.15) is 0 Å². The molecular weight excluding hydrogens is 302 g/mol. The van der Waals surface area contributed by atoms with E-state index >= 15 is 0 Å². The monoisotopic (exact) mass is 321 g/mol. The van der Waals surface area contributed by atoms with Crippen molar-refractivity contribution in [3.05, 3.63) is 41.9 Å². The summed E-state index contributed by atoms with van der Waals surface area (Å²) in [6, 6.07) is 9.73. The van der Waals surface area contributed by atoms with E-state index in [0.29, 0.717) is 5.75 Å². The molecule has 2 heterocycles. The number of benzene rings is 1. The third kappa shape index (κ3) is 3.90. The molecule has 112 valence electrons. The number of hydrogen-bond acceptors (Lipinski definition) is 5. The van der Waals surface area contributed by atoms with Crippen LogP contribution in [0.5, 0.6) is 0 Å². The first-order valence-electron chi connectivity index (χ1n) is 7.13. The highest BCUT2D eigenvalue weighted by Crippen LogP contribution is 2.18. The van der Waals surface area contributed by atoms with Crippen LogP contribution >= 0.6 is 11.3 Å². The maximum atomic E-state index is 12.2. The predicted octanol–water partition coefficient (Wildman–Crippen LogP) is 2.07. The molecule has 3 rings (SSSR count). The fourth-order valence-corrected chi connectivity index (χ4v) is 4.25. The Morgan fingerprint density at radius 1 is 1.14 bits per heavy atom. The number of nitrogens with zero attached hydrogens (tertiary/aromatic N) is 3. The molecule has 1 saturated heterocycles. The number of rotatable bonds is 5. The van der Waals surface area contributed by atoms with Crippen molar-refractivity contribution in [1.29, 1.82) is 0 Å². The largest absolute Gasteiger partial charge is 0.346 e. The van der Waals surface area contributed by atoms with Gasteiger partial charge in [0.2, 0.25) is 0 Å². The van der Waals surface area contributed by atoms with Crippen molar-refractivity contribution >= 4 is 27.3 Å². The Morgan fingerprint density at radius 2 is 1.90 bits per heavy atom. The Labute approximate surface area is 131 Å². The lowest BCUT2D eigenvalue weighted by molar-refractivity contribution is 0.272. The second-order valence-electron chi connectivity index (χ2n) is 5.01. The lowest BCUT2D eigenvalue weighted by Crippen LogP contribution is -2.47. The zero-order valence-corrected chi connectivity index (χ0v) is 13.5. The molecule has 1 aromatic carbocycles. The number of thiazole rings is 1. The first kappa shape index (κ1) is 14.7. The van der Waals surface area contributed by atoms with Gasteiger partial charge >= 0.3 is 0 Å². The van der Waals surface area contributed by atoms with Gasteiger partial charge in [0.25, 0.3) is 0 Å². The zero-order chi connectivity index (χ0) is 14.5. The summed E-state index contributed by atoms with van der Waals surface area (Å²) in [6.45, 7) is 4.95. The summed E-state index contributed by atoms with van der Waals surface area (Å²) < 4.78 is 12.2. The van der Waals surface area contributed by atoms with Crippen molar-refractivity contribution < 1.29 is 4.21 Å². The zero-order valence-electron chi connectivity index (χ0n) is 11.9. The summed E-state index contributed by atoms with van der Waals surface area (Å²) in [5, 5.41) is 3.13. The van der Waals surface area contributed by atoms with Crippen molar-refractivity contribution in [1.82, 2.24) is 9.88 Å². The van der Waals surface area contributed by atoms with Crippen molar-refractivity contribution in [3.63, 3.8) is 0 Å². The quantitative estimate of drug-likeness (QED) is 0.845. The molecule has 4 nitrogen and oxygen atoms in total. The summed E-state index contributed by atoms with van der Waals surface area (Å²) in [5.74, 6) is 0.710. The number of aromatic nitrogens is 1. The molecule has 0 radical (unpaired) electrons. The number of anilines is 1. The van der Waals surface area contributed by atoms with Gasteiger partial charge in [0.05, 0.1) is 10.8 Å². The van der Waals surface area contributed by atoms with Gasteiger partial charge in [0.15, 0.2) is 5.13 Å². The molecule has 2 aromatic rings. The topological polar surface area (TPSA) is 36.4 Å². The van der Waals surface area contributed by atoms with Crippen LogP contribution in [0.4, 0.5) is 5.13 Å². The first-order chi connectivity index (χ1) is 10.3. The van der Waals surface area contributed by atoms with Crippen molar-refractivity contribution in [3.8, 4) is 0 Å². The summed E-state index contributed by atoms with van der Waals surface area (Å²) in [6.07, 6.45) is 1.86. The molecule has 21 heavy (non-hydrogen) atoms. The van der Waals surface area contributed by atoms with E-state index in [-0.39, 0.29) is 0 Å². The van der Waals surface area contributed by atoms with Crippen LogP contribution in [-0.2, 0) is 10.8 Å². The van der Waals surface area contributed by atoms with Gasteiger partial charge in [-0.25, -0.2) is 4.98 Å². The summed E-state index contributed by atoms with van der Waals surface area (Å²) in [5.41, 5.74) is 0. The van der Waals surface area contributed by atoms with E-state index in [4.69, 9.17) is 0 Å². The minimum Gasteiger partial charge on any atom is -0.346 e. The van der Waals surface area contributed by atoms with E-state index in [1.165, 1.54) is 0 Å². The second kappa shape index (κ2) is 7.15. The molecule has 0 saturated carbocycles. The molecule has 1 aliphatic heterocycles. The van der Waals surface area contributed by atoms with Crippen molar-refractivity contribution in [2.45, 2.75) is 4.90 Å². The Kier molecular flexibility index (Phi) is 5.00. The first-order valence-corrected chi connectivity index (χ1v) is 9.33. The molecule has 1 fully saturated rings. The van der Waals surface area contributed by atoms with E-state index in [1.807, 2.05) is 41.9 Å². The minimum absolute atomic E-state index is 0.710. The predicted molar refractivity (Wildman–Crippen MR) is 88.5 cm³/mol.